The Kier molecular flexibility index (Phi) is 11.5. The minimum atomic E-state index is -1.09. The summed E-state index contributed by atoms with van der Waals surface area (Å²) < 4.78 is 16.5. The van der Waals surface area contributed by atoms with Crippen LogP contribution < -0.4 is 14.8 Å². The van der Waals surface area contributed by atoms with Crippen molar-refractivity contribution in [1.29, 1.82) is 0 Å². The van der Waals surface area contributed by atoms with Gasteiger partial charge in [0.1, 0.15) is 12.1 Å². The molecule has 9 nitrogen and oxygen atoms in total. The van der Waals surface area contributed by atoms with E-state index in [2.05, 4.69) is 5.32 Å². The predicted molar refractivity (Wildman–Crippen MR) is 144 cm³/mol. The van der Waals surface area contributed by atoms with Crippen LogP contribution in [0.25, 0.3) is 0 Å². The van der Waals surface area contributed by atoms with Gasteiger partial charge in [-0.25, -0.2) is 0 Å². The van der Waals surface area contributed by atoms with E-state index < -0.39 is 35.5 Å². The highest BCUT2D eigenvalue weighted by Gasteiger charge is 2.27. The second-order valence-electron chi connectivity index (χ2n) is 13.2. The highest BCUT2D eigenvalue weighted by molar-refractivity contribution is 5.77. The molecule has 2 atom stereocenters. The smallest absolute Gasteiger partial charge is 0.321 e. The molecule has 9 heteroatoms. The van der Waals surface area contributed by atoms with Crippen LogP contribution in [-0.2, 0) is 30.3 Å². The van der Waals surface area contributed by atoms with Crippen LogP contribution in [0.3, 0.4) is 0 Å². The summed E-state index contributed by atoms with van der Waals surface area (Å²) in [7, 11) is 0. The summed E-state index contributed by atoms with van der Waals surface area (Å²) in [4.78, 5) is 49.0. The molecule has 38 heavy (non-hydrogen) atoms. The Bertz CT molecular complexity index is 995. The predicted octanol–water partition coefficient (Wildman–Crippen LogP) is 4.93. The van der Waals surface area contributed by atoms with Crippen molar-refractivity contribution in [3.63, 3.8) is 0 Å². The van der Waals surface area contributed by atoms with Crippen molar-refractivity contribution in [2.75, 3.05) is 6.54 Å². The number of benzene rings is 1. The number of nitrogens with one attached hydrogen (secondary N) is 1. The van der Waals surface area contributed by atoms with Crippen LogP contribution in [0.2, 0.25) is 0 Å². The van der Waals surface area contributed by atoms with E-state index >= 15 is 0 Å². The van der Waals surface area contributed by atoms with Crippen LogP contribution in [0.15, 0.2) is 18.2 Å². The maximum Gasteiger partial charge on any atom is 0.321 e. The zero-order valence-electron chi connectivity index (χ0n) is 24.5. The second-order valence-corrected chi connectivity index (χ2v) is 13.2. The summed E-state index contributed by atoms with van der Waals surface area (Å²) in [5, 5.41) is 12.7. The molecule has 0 bridgehead atoms. The Morgan fingerprint density at radius 1 is 0.842 bits per heavy atom. The van der Waals surface area contributed by atoms with Gasteiger partial charge in [0.2, 0.25) is 0 Å². The topological polar surface area (TPSA) is 128 Å². The van der Waals surface area contributed by atoms with E-state index in [-0.39, 0.29) is 54.1 Å². The van der Waals surface area contributed by atoms with Crippen molar-refractivity contribution in [3.8, 4) is 11.5 Å². The first kappa shape index (κ1) is 33.1. The summed E-state index contributed by atoms with van der Waals surface area (Å²) in [5.74, 6) is -2.29. The molecule has 0 aliphatic heterocycles. The fourth-order valence-electron chi connectivity index (χ4n) is 3.22. The number of hydrogen-bond donors (Lipinski definition) is 2. The first-order chi connectivity index (χ1) is 17.2. The number of rotatable bonds is 11. The Morgan fingerprint density at radius 2 is 1.34 bits per heavy atom. The molecule has 0 saturated carbocycles. The lowest BCUT2D eigenvalue weighted by Gasteiger charge is -2.23. The molecule has 0 heterocycles. The first-order valence-electron chi connectivity index (χ1n) is 12.9. The van der Waals surface area contributed by atoms with E-state index in [0.717, 1.165) is 0 Å². The minimum absolute atomic E-state index is 0.0509. The fraction of sp³-hybridized carbons (Fsp3) is 0.655. The van der Waals surface area contributed by atoms with Gasteiger partial charge in [-0.15, -0.1) is 0 Å². The van der Waals surface area contributed by atoms with Crippen molar-refractivity contribution in [2.24, 2.45) is 16.2 Å². The number of carbonyl (C=O) groups is 4. The Hall–Kier alpha value is -2.94. The van der Waals surface area contributed by atoms with Crippen LogP contribution in [-0.4, -0.2) is 47.7 Å². The Balaban J connectivity index is 3.09. The zero-order valence-corrected chi connectivity index (χ0v) is 24.5. The lowest BCUT2D eigenvalue weighted by Crippen LogP contribution is -2.43. The summed E-state index contributed by atoms with van der Waals surface area (Å²) in [6.07, 6.45) is -0.193. The molecule has 2 N–H and O–H groups in total. The quantitative estimate of drug-likeness (QED) is 0.299. The van der Waals surface area contributed by atoms with Crippen molar-refractivity contribution in [2.45, 2.75) is 101 Å². The minimum Gasteiger partial charge on any atom is -0.480 e. The standard InChI is InChI=1S/C29H45NO8/c1-18(36-26(35)29(8,9)10)17-30-20(25(33)34)13-19-11-12-21(37-23(31)15-27(2,3)4)22(14-19)38-24(32)16-28(5,6)7/h11-12,14,18,20,30H,13,15-17H2,1-10H3,(H,33,34)/t18?,20-/m0/s1. The van der Waals surface area contributed by atoms with E-state index in [1.54, 1.807) is 33.8 Å². The third kappa shape index (κ3) is 13.0. The number of hydrogen-bond acceptors (Lipinski definition) is 8. The van der Waals surface area contributed by atoms with Crippen LogP contribution >= 0.6 is 0 Å². The molecule has 0 aliphatic carbocycles. The molecule has 0 aromatic heterocycles. The maximum atomic E-state index is 12.6. The molecule has 1 aromatic rings. The van der Waals surface area contributed by atoms with Gasteiger partial charge in [0.25, 0.3) is 0 Å². The number of esters is 3. The summed E-state index contributed by atoms with van der Waals surface area (Å²) in [6.45, 7) is 18.5. The zero-order chi connectivity index (χ0) is 29.5. The van der Waals surface area contributed by atoms with E-state index in [1.807, 2.05) is 41.5 Å². The van der Waals surface area contributed by atoms with Gasteiger partial charge < -0.3 is 24.6 Å². The summed E-state index contributed by atoms with van der Waals surface area (Å²) in [6, 6.07) is 3.64. The fourth-order valence-corrected chi connectivity index (χ4v) is 3.22. The summed E-state index contributed by atoms with van der Waals surface area (Å²) >= 11 is 0. The molecular weight excluding hydrogens is 490 g/mol. The van der Waals surface area contributed by atoms with E-state index in [1.165, 1.54) is 12.1 Å². The molecule has 1 aromatic carbocycles. The molecule has 0 spiro atoms. The number of ether oxygens (including phenoxy) is 3. The monoisotopic (exact) mass is 535 g/mol. The van der Waals surface area contributed by atoms with Gasteiger partial charge >= 0.3 is 23.9 Å². The second kappa shape index (κ2) is 13.2. The summed E-state index contributed by atoms with van der Waals surface area (Å²) in [5.41, 5.74) is -0.722. The molecule has 0 fully saturated rings. The highest BCUT2D eigenvalue weighted by Crippen LogP contribution is 2.32. The van der Waals surface area contributed by atoms with Crippen LogP contribution in [0, 0.1) is 16.2 Å². The van der Waals surface area contributed by atoms with Crippen LogP contribution in [0.4, 0.5) is 0 Å². The van der Waals surface area contributed by atoms with Crippen LogP contribution in [0.1, 0.15) is 87.6 Å². The normalized spacial score (nSPS) is 13.8. The average molecular weight is 536 g/mol. The lowest BCUT2D eigenvalue weighted by molar-refractivity contribution is -0.157. The molecule has 214 valence electrons. The molecule has 0 amide bonds. The number of carboxylic acids is 1. The average Bonchev–Trinajstić information content (AvgIpc) is 2.69. The van der Waals surface area contributed by atoms with Gasteiger partial charge in [0, 0.05) is 6.54 Å². The Labute approximate surface area is 226 Å². The highest BCUT2D eigenvalue weighted by atomic mass is 16.6. The molecule has 1 rings (SSSR count). The van der Waals surface area contributed by atoms with Gasteiger partial charge in [0.05, 0.1) is 18.3 Å². The van der Waals surface area contributed by atoms with E-state index in [0.29, 0.717) is 5.56 Å². The van der Waals surface area contributed by atoms with E-state index in [9.17, 15) is 24.3 Å². The Morgan fingerprint density at radius 3 is 1.79 bits per heavy atom. The van der Waals surface area contributed by atoms with Crippen molar-refractivity contribution < 1.29 is 38.5 Å². The first-order valence-corrected chi connectivity index (χ1v) is 12.9. The third-order valence-electron chi connectivity index (χ3n) is 5.12. The number of aliphatic carboxylic acids is 1. The van der Waals surface area contributed by atoms with Gasteiger partial charge in [-0.05, 0) is 62.6 Å². The molecule has 0 radical (unpaired) electrons. The largest absolute Gasteiger partial charge is 0.480 e. The van der Waals surface area contributed by atoms with Crippen molar-refractivity contribution >= 4 is 23.9 Å². The molecule has 1 unspecified atom stereocenters. The van der Waals surface area contributed by atoms with Crippen molar-refractivity contribution in [1.82, 2.24) is 5.32 Å². The van der Waals surface area contributed by atoms with E-state index in [4.69, 9.17) is 14.2 Å². The molecule has 0 aliphatic rings. The number of carbonyl (C=O) groups excluding carboxylic acids is 3. The SMILES string of the molecule is CC(CN[C@@H](Cc1ccc(OC(=O)CC(C)(C)C)c(OC(=O)CC(C)(C)C)c1)C(=O)O)OC(=O)C(C)(C)C. The molecule has 0 saturated heterocycles. The maximum absolute atomic E-state index is 12.6. The van der Waals surface area contributed by atoms with Crippen LogP contribution in [0.5, 0.6) is 11.5 Å². The lowest BCUT2D eigenvalue weighted by atomic mass is 9.92. The third-order valence-corrected chi connectivity index (χ3v) is 5.12. The van der Waals surface area contributed by atoms with Gasteiger partial charge in [-0.2, -0.15) is 0 Å². The molecular formula is C29H45NO8. The van der Waals surface area contributed by atoms with Gasteiger partial charge in [-0.3, -0.25) is 19.2 Å². The van der Waals surface area contributed by atoms with Gasteiger partial charge in [-0.1, -0.05) is 47.6 Å². The van der Waals surface area contributed by atoms with Crippen molar-refractivity contribution in [3.05, 3.63) is 23.8 Å². The number of carboxylic acid groups (broad SMARTS) is 1. The van der Waals surface area contributed by atoms with Gasteiger partial charge in [0.15, 0.2) is 11.5 Å².